The Kier molecular flexibility index (Phi) is 7.60. The van der Waals surface area contributed by atoms with Crippen LogP contribution in [0.5, 0.6) is 0 Å². The number of carbonyl (C=O) groups is 1. The first-order valence-corrected chi connectivity index (χ1v) is 11.0. The molecular weight excluding hydrogens is 428 g/mol. The summed E-state index contributed by atoms with van der Waals surface area (Å²) in [4.78, 5) is 15.6. The topological polar surface area (TPSA) is 67.3 Å². The van der Waals surface area contributed by atoms with Gasteiger partial charge in [-0.3, -0.25) is 4.79 Å². The van der Waals surface area contributed by atoms with E-state index in [0.717, 1.165) is 59.1 Å². The second-order valence-corrected chi connectivity index (χ2v) is 8.95. The molecule has 27 heavy (non-hydrogen) atoms. The van der Waals surface area contributed by atoms with Crippen LogP contribution in [0.1, 0.15) is 26.2 Å². The van der Waals surface area contributed by atoms with Crippen LogP contribution in [0.15, 0.2) is 28.1 Å². The van der Waals surface area contributed by atoms with Crippen LogP contribution in [0.3, 0.4) is 0 Å². The molecule has 1 aliphatic rings. The number of hydrogen-bond acceptors (Lipinski definition) is 6. The number of hydrogen-bond donors (Lipinski definition) is 1. The van der Waals surface area contributed by atoms with Gasteiger partial charge < -0.3 is 15.0 Å². The van der Waals surface area contributed by atoms with Crippen molar-refractivity contribution in [2.24, 2.45) is 5.92 Å². The van der Waals surface area contributed by atoms with Crippen molar-refractivity contribution < 1.29 is 9.53 Å². The van der Waals surface area contributed by atoms with Crippen molar-refractivity contribution >= 4 is 39.0 Å². The lowest BCUT2D eigenvalue weighted by atomic mass is 9.96. The van der Waals surface area contributed by atoms with Crippen molar-refractivity contribution in [3.63, 3.8) is 0 Å². The normalized spacial score (nSPS) is 15.1. The molecule has 0 aliphatic carbocycles. The van der Waals surface area contributed by atoms with Crippen molar-refractivity contribution in [2.75, 3.05) is 37.7 Å². The number of amides is 1. The van der Waals surface area contributed by atoms with Crippen LogP contribution < -0.4 is 10.2 Å². The molecule has 1 N–H and O–H groups in total. The van der Waals surface area contributed by atoms with Crippen LogP contribution in [0.4, 0.5) is 5.82 Å². The standard InChI is InChI=1S/C19H25BrN4O2S/c1-2-26-13-3-10-21-19(25)14-8-11-24(12-9-14)18-7-4-15(22-23-18)16-5-6-17(20)27-16/h4-7,14H,2-3,8-13H2,1H3,(H,21,25). The van der Waals surface area contributed by atoms with Crippen LogP contribution in [0.2, 0.25) is 0 Å². The number of piperidine rings is 1. The summed E-state index contributed by atoms with van der Waals surface area (Å²) in [6.07, 6.45) is 2.55. The van der Waals surface area contributed by atoms with Gasteiger partial charge in [-0.05, 0) is 66.4 Å². The fraction of sp³-hybridized carbons (Fsp3) is 0.526. The summed E-state index contributed by atoms with van der Waals surface area (Å²) >= 11 is 5.12. The highest BCUT2D eigenvalue weighted by atomic mass is 79.9. The molecule has 8 heteroatoms. The molecule has 2 aromatic heterocycles. The van der Waals surface area contributed by atoms with Crippen LogP contribution >= 0.6 is 27.3 Å². The third-order valence-corrected chi connectivity index (χ3v) is 6.28. The first-order chi connectivity index (χ1) is 13.2. The Hall–Kier alpha value is -1.51. The fourth-order valence-electron chi connectivity index (χ4n) is 3.12. The molecule has 0 saturated carbocycles. The van der Waals surface area contributed by atoms with E-state index in [1.165, 1.54) is 0 Å². The van der Waals surface area contributed by atoms with Crippen molar-refractivity contribution in [1.82, 2.24) is 15.5 Å². The number of aromatic nitrogens is 2. The fourth-order valence-corrected chi connectivity index (χ4v) is 4.47. The van der Waals surface area contributed by atoms with Gasteiger partial charge in [-0.25, -0.2) is 0 Å². The second kappa shape index (κ2) is 10.1. The Balaban J connectivity index is 1.45. The van der Waals surface area contributed by atoms with E-state index in [9.17, 15) is 4.79 Å². The van der Waals surface area contributed by atoms with Crippen molar-refractivity contribution in [3.05, 3.63) is 28.1 Å². The number of rotatable bonds is 8. The van der Waals surface area contributed by atoms with Gasteiger partial charge in [0.25, 0.3) is 0 Å². The van der Waals surface area contributed by atoms with Gasteiger partial charge in [0.05, 0.1) is 8.66 Å². The number of thiophene rings is 1. The highest BCUT2D eigenvalue weighted by Crippen LogP contribution is 2.30. The van der Waals surface area contributed by atoms with E-state index in [-0.39, 0.29) is 11.8 Å². The first-order valence-electron chi connectivity index (χ1n) is 9.37. The maximum Gasteiger partial charge on any atom is 0.223 e. The third-order valence-electron chi connectivity index (χ3n) is 4.63. The smallest absolute Gasteiger partial charge is 0.223 e. The average molecular weight is 453 g/mol. The highest BCUT2D eigenvalue weighted by molar-refractivity contribution is 9.11. The minimum absolute atomic E-state index is 0.0871. The lowest BCUT2D eigenvalue weighted by Crippen LogP contribution is -2.41. The van der Waals surface area contributed by atoms with Gasteiger partial charge in [-0.1, -0.05) is 0 Å². The zero-order valence-electron chi connectivity index (χ0n) is 15.5. The van der Waals surface area contributed by atoms with Gasteiger partial charge in [0.2, 0.25) is 5.91 Å². The Labute approximate surface area is 172 Å². The molecule has 2 aromatic rings. The molecule has 1 amide bonds. The lowest BCUT2D eigenvalue weighted by Gasteiger charge is -2.31. The number of anilines is 1. The molecule has 0 aromatic carbocycles. The molecule has 3 rings (SSSR count). The molecular formula is C19H25BrN4O2S. The predicted molar refractivity (Wildman–Crippen MR) is 112 cm³/mol. The summed E-state index contributed by atoms with van der Waals surface area (Å²) < 4.78 is 6.37. The number of nitrogens with zero attached hydrogens (tertiary/aromatic N) is 3. The van der Waals surface area contributed by atoms with Gasteiger partial charge in [0.15, 0.2) is 5.82 Å². The minimum atomic E-state index is 0.0871. The molecule has 1 saturated heterocycles. The molecule has 3 heterocycles. The number of nitrogens with one attached hydrogen (secondary N) is 1. The summed E-state index contributed by atoms with van der Waals surface area (Å²) in [5, 5.41) is 11.8. The van der Waals surface area contributed by atoms with E-state index in [4.69, 9.17) is 4.74 Å². The lowest BCUT2D eigenvalue weighted by molar-refractivity contribution is -0.125. The molecule has 1 aliphatic heterocycles. The molecule has 0 atom stereocenters. The van der Waals surface area contributed by atoms with E-state index < -0.39 is 0 Å². The average Bonchev–Trinajstić information content (AvgIpc) is 3.14. The van der Waals surface area contributed by atoms with E-state index in [1.807, 2.05) is 31.2 Å². The summed E-state index contributed by atoms with van der Waals surface area (Å²) in [7, 11) is 0. The molecule has 6 nitrogen and oxygen atoms in total. The Bertz CT molecular complexity index is 730. The summed E-state index contributed by atoms with van der Waals surface area (Å²) in [6.45, 7) is 5.75. The predicted octanol–water partition coefficient (Wildman–Crippen LogP) is 3.73. The van der Waals surface area contributed by atoms with Gasteiger partial charge in [-0.2, -0.15) is 0 Å². The second-order valence-electron chi connectivity index (χ2n) is 6.48. The van der Waals surface area contributed by atoms with Crippen LogP contribution in [-0.2, 0) is 9.53 Å². The number of ether oxygens (including phenoxy) is 1. The maximum atomic E-state index is 12.3. The summed E-state index contributed by atoms with van der Waals surface area (Å²) in [5.41, 5.74) is 0.885. The SMILES string of the molecule is CCOCCCNC(=O)C1CCN(c2ccc(-c3ccc(Br)s3)nn2)CC1. The van der Waals surface area contributed by atoms with Gasteiger partial charge in [0, 0.05) is 38.8 Å². The monoisotopic (exact) mass is 452 g/mol. The van der Waals surface area contributed by atoms with E-state index in [2.05, 4.69) is 36.3 Å². The van der Waals surface area contributed by atoms with Crippen molar-refractivity contribution in [3.8, 4) is 10.6 Å². The number of halogens is 1. The highest BCUT2D eigenvalue weighted by Gasteiger charge is 2.25. The zero-order chi connectivity index (χ0) is 19.1. The molecule has 0 radical (unpaired) electrons. The van der Waals surface area contributed by atoms with Gasteiger partial charge in [-0.15, -0.1) is 21.5 Å². The quantitative estimate of drug-likeness (QED) is 0.617. The minimum Gasteiger partial charge on any atom is -0.382 e. The van der Waals surface area contributed by atoms with Gasteiger partial charge in [0.1, 0.15) is 5.69 Å². The first kappa shape index (κ1) is 20.2. The number of carbonyl (C=O) groups excluding carboxylic acids is 1. The van der Waals surface area contributed by atoms with E-state index in [1.54, 1.807) is 11.3 Å². The van der Waals surface area contributed by atoms with E-state index >= 15 is 0 Å². The molecule has 1 fully saturated rings. The van der Waals surface area contributed by atoms with Crippen LogP contribution in [0.25, 0.3) is 10.6 Å². The molecule has 0 spiro atoms. The van der Waals surface area contributed by atoms with Crippen molar-refractivity contribution in [1.29, 1.82) is 0 Å². The van der Waals surface area contributed by atoms with Crippen LogP contribution in [0, 0.1) is 5.92 Å². The molecule has 0 unspecified atom stereocenters. The van der Waals surface area contributed by atoms with Crippen molar-refractivity contribution in [2.45, 2.75) is 26.2 Å². The third kappa shape index (κ3) is 5.73. The Morgan fingerprint density at radius 3 is 2.74 bits per heavy atom. The molecule has 146 valence electrons. The van der Waals surface area contributed by atoms with E-state index in [0.29, 0.717) is 13.2 Å². The molecule has 0 bridgehead atoms. The summed E-state index contributed by atoms with van der Waals surface area (Å²) in [6, 6.07) is 8.08. The van der Waals surface area contributed by atoms with Gasteiger partial charge >= 0.3 is 0 Å². The Morgan fingerprint density at radius 2 is 2.11 bits per heavy atom. The summed E-state index contributed by atoms with van der Waals surface area (Å²) in [5.74, 6) is 1.13. The zero-order valence-corrected chi connectivity index (χ0v) is 17.9. The van der Waals surface area contributed by atoms with Crippen LogP contribution in [-0.4, -0.2) is 49.0 Å². The maximum absolute atomic E-state index is 12.3. The Morgan fingerprint density at radius 1 is 1.30 bits per heavy atom. The largest absolute Gasteiger partial charge is 0.382 e.